The summed E-state index contributed by atoms with van der Waals surface area (Å²) in [5.41, 5.74) is 2.36. The van der Waals surface area contributed by atoms with Crippen molar-refractivity contribution < 1.29 is 18.3 Å². The van der Waals surface area contributed by atoms with E-state index in [4.69, 9.17) is 4.74 Å². The predicted molar refractivity (Wildman–Crippen MR) is 116 cm³/mol. The standard InChI is InChI=1S/C25H18F2N2O2/c1-2-15-29-22-6-4-3-5-21(22)28-24(29)16-23(17-7-11-19(26)12-8-17)31-25(30)18-9-13-20(27)14-10-18/h2-14,16H,1,15H2. The molecule has 1 heterocycles. The highest BCUT2D eigenvalue weighted by Gasteiger charge is 2.15. The third-order valence-corrected chi connectivity index (χ3v) is 4.67. The molecule has 4 nitrogen and oxygen atoms in total. The molecule has 0 aliphatic carbocycles. The van der Waals surface area contributed by atoms with Crippen molar-refractivity contribution in [3.63, 3.8) is 0 Å². The summed E-state index contributed by atoms with van der Waals surface area (Å²) in [5.74, 6) is -0.792. The van der Waals surface area contributed by atoms with Gasteiger partial charge in [0.25, 0.3) is 0 Å². The van der Waals surface area contributed by atoms with E-state index < -0.39 is 17.6 Å². The summed E-state index contributed by atoms with van der Waals surface area (Å²) in [4.78, 5) is 17.3. The number of allylic oxidation sites excluding steroid dienone is 1. The number of esters is 1. The van der Waals surface area contributed by atoms with Gasteiger partial charge in [-0.1, -0.05) is 18.2 Å². The lowest BCUT2D eigenvalue weighted by atomic mass is 10.1. The van der Waals surface area contributed by atoms with Crippen LogP contribution in [0.3, 0.4) is 0 Å². The lowest BCUT2D eigenvalue weighted by molar-refractivity contribution is 0.0693. The van der Waals surface area contributed by atoms with Gasteiger partial charge in [0, 0.05) is 18.2 Å². The van der Waals surface area contributed by atoms with Crippen LogP contribution in [0.1, 0.15) is 21.7 Å². The number of halogens is 2. The molecule has 0 bridgehead atoms. The molecule has 4 rings (SSSR count). The Morgan fingerprint density at radius 3 is 2.19 bits per heavy atom. The van der Waals surface area contributed by atoms with Crippen LogP contribution in [0.4, 0.5) is 8.78 Å². The fourth-order valence-corrected chi connectivity index (χ4v) is 3.17. The van der Waals surface area contributed by atoms with E-state index >= 15 is 0 Å². The quantitative estimate of drug-likeness (QED) is 0.225. The van der Waals surface area contributed by atoms with Gasteiger partial charge in [0.1, 0.15) is 23.2 Å². The number of ether oxygens (including phenoxy) is 1. The number of fused-ring (bicyclic) bond motifs is 1. The van der Waals surface area contributed by atoms with Crippen LogP contribution in [0, 0.1) is 11.6 Å². The van der Waals surface area contributed by atoms with Gasteiger partial charge in [-0.15, -0.1) is 6.58 Å². The van der Waals surface area contributed by atoms with E-state index in [1.54, 1.807) is 12.2 Å². The third-order valence-electron chi connectivity index (χ3n) is 4.67. The minimum absolute atomic E-state index is 0.189. The number of imidazole rings is 1. The maximum absolute atomic E-state index is 13.5. The summed E-state index contributed by atoms with van der Waals surface area (Å²) in [6, 6.07) is 18.2. The highest BCUT2D eigenvalue weighted by atomic mass is 19.1. The SMILES string of the molecule is C=CCn1c(C=C(OC(=O)c2ccc(F)cc2)c2ccc(F)cc2)nc2ccccc21. The molecule has 31 heavy (non-hydrogen) atoms. The summed E-state index contributed by atoms with van der Waals surface area (Å²) >= 11 is 0. The smallest absolute Gasteiger partial charge is 0.343 e. The number of benzene rings is 3. The zero-order valence-electron chi connectivity index (χ0n) is 16.5. The van der Waals surface area contributed by atoms with Crippen molar-refractivity contribution in [2.45, 2.75) is 6.54 Å². The number of hydrogen-bond acceptors (Lipinski definition) is 3. The zero-order valence-corrected chi connectivity index (χ0v) is 16.5. The van der Waals surface area contributed by atoms with Crippen LogP contribution in [0.5, 0.6) is 0 Å². The van der Waals surface area contributed by atoms with Gasteiger partial charge in [0.15, 0.2) is 0 Å². The first-order valence-electron chi connectivity index (χ1n) is 9.56. The van der Waals surface area contributed by atoms with E-state index in [1.165, 1.54) is 48.5 Å². The van der Waals surface area contributed by atoms with Gasteiger partial charge >= 0.3 is 5.97 Å². The molecule has 154 valence electrons. The van der Waals surface area contributed by atoms with Gasteiger partial charge in [0.2, 0.25) is 0 Å². The second-order valence-corrected chi connectivity index (χ2v) is 6.77. The fraction of sp³-hybridized carbons (Fsp3) is 0.0400. The first kappa shape index (κ1) is 20.2. The largest absolute Gasteiger partial charge is 0.422 e. The average Bonchev–Trinajstić information content (AvgIpc) is 3.12. The molecule has 1 aromatic heterocycles. The molecule has 0 amide bonds. The molecular formula is C25H18F2N2O2. The fourth-order valence-electron chi connectivity index (χ4n) is 3.17. The lowest BCUT2D eigenvalue weighted by Gasteiger charge is -2.10. The van der Waals surface area contributed by atoms with E-state index in [-0.39, 0.29) is 11.3 Å². The number of carbonyl (C=O) groups is 1. The monoisotopic (exact) mass is 416 g/mol. The number of hydrogen-bond donors (Lipinski definition) is 0. The number of nitrogens with zero attached hydrogens (tertiary/aromatic N) is 2. The van der Waals surface area contributed by atoms with E-state index in [9.17, 15) is 13.6 Å². The minimum atomic E-state index is -0.665. The van der Waals surface area contributed by atoms with Crippen LogP contribution in [0.15, 0.2) is 85.5 Å². The van der Waals surface area contributed by atoms with Crippen molar-refractivity contribution in [3.05, 3.63) is 114 Å². The molecule has 0 saturated carbocycles. The topological polar surface area (TPSA) is 44.1 Å². The molecule has 0 saturated heterocycles. The van der Waals surface area contributed by atoms with Crippen molar-refractivity contribution in [2.24, 2.45) is 0 Å². The Hall–Kier alpha value is -4.06. The highest BCUT2D eigenvalue weighted by Crippen LogP contribution is 2.24. The molecule has 0 aliphatic heterocycles. The molecule has 3 aromatic carbocycles. The van der Waals surface area contributed by atoms with Gasteiger partial charge in [-0.25, -0.2) is 18.6 Å². The van der Waals surface area contributed by atoms with Gasteiger partial charge < -0.3 is 9.30 Å². The molecule has 0 fully saturated rings. The second-order valence-electron chi connectivity index (χ2n) is 6.77. The molecule has 0 aliphatic rings. The van der Waals surface area contributed by atoms with E-state index in [0.717, 1.165) is 11.0 Å². The van der Waals surface area contributed by atoms with Crippen molar-refractivity contribution in [1.82, 2.24) is 9.55 Å². The molecule has 0 unspecified atom stereocenters. The molecule has 6 heteroatoms. The van der Waals surface area contributed by atoms with Crippen molar-refractivity contribution in [1.29, 1.82) is 0 Å². The van der Waals surface area contributed by atoms with Crippen LogP contribution in [-0.4, -0.2) is 15.5 Å². The van der Waals surface area contributed by atoms with E-state index in [0.29, 0.717) is 17.9 Å². The van der Waals surface area contributed by atoms with Crippen LogP contribution in [-0.2, 0) is 11.3 Å². The van der Waals surface area contributed by atoms with Crippen LogP contribution in [0.2, 0.25) is 0 Å². The molecule has 4 aromatic rings. The van der Waals surface area contributed by atoms with E-state index in [2.05, 4.69) is 11.6 Å². The minimum Gasteiger partial charge on any atom is -0.422 e. The summed E-state index contributed by atoms with van der Waals surface area (Å²) in [7, 11) is 0. The number of aromatic nitrogens is 2. The predicted octanol–water partition coefficient (Wildman–Crippen LogP) is 5.86. The Balaban J connectivity index is 1.80. The Labute approximate surface area is 177 Å². The average molecular weight is 416 g/mol. The molecule has 0 spiro atoms. The van der Waals surface area contributed by atoms with Crippen molar-refractivity contribution in [3.8, 4) is 0 Å². The number of rotatable bonds is 6. The molecular weight excluding hydrogens is 398 g/mol. The number of carbonyl (C=O) groups excluding carboxylic acids is 1. The Bertz CT molecular complexity index is 1270. The van der Waals surface area contributed by atoms with Crippen LogP contribution < -0.4 is 0 Å². The summed E-state index contributed by atoms with van der Waals surface area (Å²) in [6.07, 6.45) is 3.37. The third kappa shape index (κ3) is 4.43. The second kappa shape index (κ2) is 8.75. The van der Waals surface area contributed by atoms with Gasteiger partial charge in [-0.05, 0) is 60.7 Å². The Kier molecular flexibility index (Phi) is 5.71. The van der Waals surface area contributed by atoms with Crippen LogP contribution >= 0.6 is 0 Å². The summed E-state index contributed by atoms with van der Waals surface area (Å²) < 4.78 is 34.2. The maximum Gasteiger partial charge on any atom is 0.343 e. The Morgan fingerprint density at radius 2 is 1.55 bits per heavy atom. The molecule has 0 N–H and O–H groups in total. The zero-order chi connectivity index (χ0) is 21.8. The Morgan fingerprint density at radius 1 is 0.935 bits per heavy atom. The van der Waals surface area contributed by atoms with Crippen molar-refractivity contribution >= 4 is 28.8 Å². The van der Waals surface area contributed by atoms with Crippen molar-refractivity contribution in [2.75, 3.05) is 0 Å². The highest BCUT2D eigenvalue weighted by molar-refractivity contribution is 5.95. The van der Waals surface area contributed by atoms with E-state index in [1.807, 2.05) is 28.8 Å². The molecule has 0 atom stereocenters. The molecule has 0 radical (unpaired) electrons. The van der Waals surface area contributed by atoms with Gasteiger partial charge in [-0.2, -0.15) is 0 Å². The lowest BCUT2D eigenvalue weighted by Crippen LogP contribution is -2.06. The number of para-hydroxylation sites is 2. The summed E-state index contributed by atoms with van der Waals surface area (Å²) in [5, 5.41) is 0. The first-order valence-corrected chi connectivity index (χ1v) is 9.56. The normalized spacial score (nSPS) is 11.5. The van der Waals surface area contributed by atoms with Gasteiger partial charge in [0.05, 0.1) is 16.6 Å². The maximum atomic E-state index is 13.5. The summed E-state index contributed by atoms with van der Waals surface area (Å²) in [6.45, 7) is 4.29. The first-order chi connectivity index (χ1) is 15.0. The van der Waals surface area contributed by atoms with Gasteiger partial charge in [-0.3, -0.25) is 0 Å². The van der Waals surface area contributed by atoms with Crippen LogP contribution in [0.25, 0.3) is 22.9 Å².